The molecule has 1 N–H and O–H groups in total. The number of pyridine rings is 2. The van der Waals surface area contributed by atoms with Crippen LogP contribution in [0.1, 0.15) is 35.6 Å². The van der Waals surface area contributed by atoms with E-state index in [4.69, 9.17) is 4.74 Å². The highest BCUT2D eigenvalue weighted by molar-refractivity contribution is 5.84. The van der Waals surface area contributed by atoms with Crippen LogP contribution in [0.3, 0.4) is 0 Å². The molecule has 0 unspecified atom stereocenters. The molecule has 3 aromatic rings. The number of halogens is 3. The number of nitrogens with zero attached hydrogens (tertiary/aromatic N) is 4. The van der Waals surface area contributed by atoms with Gasteiger partial charge in [-0.2, -0.15) is 18.2 Å². The van der Waals surface area contributed by atoms with E-state index < -0.39 is 18.2 Å². The minimum Gasteiger partial charge on any atom is -0.444 e. The van der Waals surface area contributed by atoms with Crippen LogP contribution in [0.5, 0.6) is 0 Å². The van der Waals surface area contributed by atoms with E-state index in [0.29, 0.717) is 5.69 Å². The van der Waals surface area contributed by atoms with E-state index in [1.54, 1.807) is 6.20 Å². The monoisotopic (exact) mass is 419 g/mol. The largest absolute Gasteiger partial charge is 0.471 e. The number of fused-ring (bicyclic) bond motifs is 1. The first-order valence-electron chi connectivity index (χ1n) is 9.16. The van der Waals surface area contributed by atoms with E-state index >= 15 is 0 Å². The van der Waals surface area contributed by atoms with Gasteiger partial charge < -0.3 is 9.26 Å². The number of alkyl halides is 3. The van der Waals surface area contributed by atoms with Gasteiger partial charge in [0.15, 0.2) is 0 Å². The molecule has 3 heterocycles. The lowest BCUT2D eigenvalue weighted by molar-refractivity contribution is -0.159. The van der Waals surface area contributed by atoms with Crippen molar-refractivity contribution in [3.05, 3.63) is 53.3 Å². The Morgan fingerprint density at radius 2 is 2.00 bits per heavy atom. The molecule has 0 aromatic carbocycles. The Kier molecular flexibility index (Phi) is 5.34. The fraction of sp³-hybridized carbons (Fsp3) is 0.316. The first-order valence-corrected chi connectivity index (χ1v) is 9.16. The minimum atomic E-state index is -4.73. The first-order chi connectivity index (χ1) is 14.4. The summed E-state index contributed by atoms with van der Waals surface area (Å²) in [5.41, 5.74) is 3.46. The zero-order valence-electron chi connectivity index (χ0n) is 15.6. The van der Waals surface area contributed by atoms with Crippen molar-refractivity contribution in [3.8, 4) is 11.5 Å². The van der Waals surface area contributed by atoms with Gasteiger partial charge in [0, 0.05) is 17.5 Å². The molecule has 11 heteroatoms. The number of carbonyl (C=O) groups is 1. The number of aryl methyl sites for hydroxylation is 2. The molecular formula is C19H16F3N5O3. The molecule has 30 heavy (non-hydrogen) atoms. The summed E-state index contributed by atoms with van der Waals surface area (Å²) in [6, 6.07) is 4.80. The molecule has 0 saturated carbocycles. The molecule has 0 bridgehead atoms. The highest BCUT2D eigenvalue weighted by Gasteiger charge is 2.38. The van der Waals surface area contributed by atoms with Crippen molar-refractivity contribution in [2.45, 2.75) is 38.5 Å². The summed E-state index contributed by atoms with van der Waals surface area (Å²) < 4.78 is 46.9. The van der Waals surface area contributed by atoms with Crippen LogP contribution in [0.15, 0.2) is 35.1 Å². The summed E-state index contributed by atoms with van der Waals surface area (Å²) in [6.45, 7) is 0.0701. The molecular weight excluding hydrogens is 403 g/mol. The fourth-order valence-corrected chi connectivity index (χ4v) is 3.06. The minimum absolute atomic E-state index is 0.0632. The number of rotatable bonds is 4. The van der Waals surface area contributed by atoms with Gasteiger partial charge in [0.1, 0.15) is 12.3 Å². The molecule has 0 radical (unpaired) electrons. The third-order valence-corrected chi connectivity index (χ3v) is 4.50. The second-order valence-electron chi connectivity index (χ2n) is 6.71. The smallest absolute Gasteiger partial charge is 0.444 e. The molecule has 0 spiro atoms. The molecule has 0 fully saturated rings. The van der Waals surface area contributed by atoms with Crippen molar-refractivity contribution in [1.29, 1.82) is 0 Å². The van der Waals surface area contributed by atoms with Crippen molar-refractivity contribution in [3.63, 3.8) is 0 Å². The normalized spacial score (nSPS) is 13.6. The van der Waals surface area contributed by atoms with Gasteiger partial charge >= 0.3 is 18.2 Å². The van der Waals surface area contributed by atoms with E-state index in [-0.39, 0.29) is 18.1 Å². The first kappa shape index (κ1) is 19.8. The van der Waals surface area contributed by atoms with E-state index in [2.05, 4.69) is 29.9 Å². The molecule has 1 aliphatic carbocycles. The summed E-state index contributed by atoms with van der Waals surface area (Å²) in [6.07, 6.45) is 1.75. The van der Waals surface area contributed by atoms with Crippen LogP contribution in [-0.2, 0) is 30.4 Å². The standard InChI is InChI=1S/C19H16F3N5O3/c20-19(21,22)17-26-16(27-30-17)15-6-5-13(9-24-15)25-18(28)29-10-11-7-12-3-1-2-4-14(12)23-8-11/h5-9H,1-4,10H2,(H,25,28). The van der Waals surface area contributed by atoms with Gasteiger partial charge in [0.05, 0.1) is 11.9 Å². The van der Waals surface area contributed by atoms with E-state index in [0.717, 1.165) is 36.9 Å². The predicted octanol–water partition coefficient (Wildman–Crippen LogP) is 4.17. The summed E-state index contributed by atoms with van der Waals surface area (Å²) in [5.74, 6) is -1.77. The van der Waals surface area contributed by atoms with Crippen LogP contribution in [-0.4, -0.2) is 26.2 Å². The number of ether oxygens (including phenoxy) is 1. The van der Waals surface area contributed by atoms with Crippen LogP contribution in [0.4, 0.5) is 23.7 Å². The topological polar surface area (TPSA) is 103 Å². The number of amides is 1. The predicted molar refractivity (Wildman–Crippen MR) is 97.2 cm³/mol. The average molecular weight is 419 g/mol. The fourth-order valence-electron chi connectivity index (χ4n) is 3.06. The Hall–Kier alpha value is -3.50. The molecule has 0 saturated heterocycles. The zero-order valence-corrected chi connectivity index (χ0v) is 15.6. The average Bonchev–Trinajstić information content (AvgIpc) is 3.23. The molecule has 0 aliphatic heterocycles. The van der Waals surface area contributed by atoms with Crippen molar-refractivity contribution in [1.82, 2.24) is 20.1 Å². The van der Waals surface area contributed by atoms with Gasteiger partial charge in [-0.3, -0.25) is 15.3 Å². The van der Waals surface area contributed by atoms with Gasteiger partial charge in [0.25, 0.3) is 0 Å². The second-order valence-corrected chi connectivity index (χ2v) is 6.71. The quantitative estimate of drug-likeness (QED) is 0.677. The maximum Gasteiger partial charge on any atom is 0.471 e. The Morgan fingerprint density at radius 1 is 1.17 bits per heavy atom. The van der Waals surface area contributed by atoms with E-state index in [1.807, 2.05) is 6.07 Å². The zero-order chi connectivity index (χ0) is 21.1. The maximum absolute atomic E-state index is 12.5. The molecule has 1 aliphatic rings. The SMILES string of the molecule is O=C(Nc1ccc(-c2noc(C(F)(F)F)n2)nc1)OCc1cnc2c(c1)CCCC2. The third kappa shape index (κ3) is 4.56. The number of anilines is 1. The number of hydrogen-bond donors (Lipinski definition) is 1. The molecule has 4 rings (SSSR count). The molecule has 1 amide bonds. The summed E-state index contributed by atoms with van der Waals surface area (Å²) in [5, 5.41) is 5.74. The Bertz CT molecular complexity index is 1050. The summed E-state index contributed by atoms with van der Waals surface area (Å²) in [4.78, 5) is 23.6. The third-order valence-electron chi connectivity index (χ3n) is 4.50. The lowest BCUT2D eigenvalue weighted by Gasteiger charge is -2.15. The summed E-state index contributed by atoms with van der Waals surface area (Å²) in [7, 11) is 0. The Morgan fingerprint density at radius 3 is 2.73 bits per heavy atom. The molecule has 8 nitrogen and oxygen atoms in total. The molecule has 0 atom stereocenters. The van der Waals surface area contributed by atoms with E-state index in [9.17, 15) is 18.0 Å². The van der Waals surface area contributed by atoms with E-state index in [1.165, 1.54) is 23.9 Å². The van der Waals surface area contributed by atoms with Gasteiger partial charge in [-0.25, -0.2) is 4.79 Å². The highest BCUT2D eigenvalue weighted by Crippen LogP contribution is 2.29. The summed E-state index contributed by atoms with van der Waals surface area (Å²) >= 11 is 0. The van der Waals surface area contributed by atoms with Crippen molar-refractivity contribution in [2.75, 3.05) is 5.32 Å². The lowest BCUT2D eigenvalue weighted by atomic mass is 9.95. The van der Waals surface area contributed by atoms with Crippen molar-refractivity contribution >= 4 is 11.8 Å². The maximum atomic E-state index is 12.5. The van der Waals surface area contributed by atoms with Crippen LogP contribution in [0.2, 0.25) is 0 Å². The number of hydrogen-bond acceptors (Lipinski definition) is 7. The van der Waals surface area contributed by atoms with Crippen molar-refractivity contribution in [2.24, 2.45) is 0 Å². The van der Waals surface area contributed by atoms with Gasteiger partial charge in [-0.1, -0.05) is 5.16 Å². The van der Waals surface area contributed by atoms with Gasteiger partial charge in [0.2, 0.25) is 5.82 Å². The van der Waals surface area contributed by atoms with Crippen molar-refractivity contribution < 1.29 is 27.2 Å². The molecule has 3 aromatic heterocycles. The van der Waals surface area contributed by atoms with Crippen LogP contribution >= 0.6 is 0 Å². The number of aromatic nitrogens is 4. The van der Waals surface area contributed by atoms with Crippen LogP contribution in [0, 0.1) is 0 Å². The highest BCUT2D eigenvalue weighted by atomic mass is 19.4. The number of carbonyl (C=O) groups excluding carboxylic acids is 1. The Balaban J connectivity index is 1.33. The second kappa shape index (κ2) is 8.09. The number of nitrogens with one attached hydrogen (secondary N) is 1. The lowest BCUT2D eigenvalue weighted by Crippen LogP contribution is -2.14. The van der Waals surface area contributed by atoms with Crippen LogP contribution in [0.25, 0.3) is 11.5 Å². The Labute approximate surface area is 168 Å². The molecule has 156 valence electrons. The van der Waals surface area contributed by atoms with Gasteiger partial charge in [-0.05, 0) is 49.4 Å². The van der Waals surface area contributed by atoms with Gasteiger partial charge in [-0.15, -0.1) is 0 Å². The van der Waals surface area contributed by atoms with Crippen LogP contribution < -0.4 is 5.32 Å².